The molecule has 0 saturated heterocycles. The maximum atomic E-state index is 12.6. The first-order valence-corrected chi connectivity index (χ1v) is 8.02. The fourth-order valence-electron chi connectivity index (χ4n) is 3.02. The molecule has 2 aromatic carbocycles. The topological polar surface area (TPSA) is 59.2 Å². The quantitative estimate of drug-likeness (QED) is 0.776. The second kappa shape index (κ2) is 5.74. The molecule has 0 unspecified atom stereocenters. The van der Waals surface area contributed by atoms with E-state index in [9.17, 15) is 9.90 Å². The monoisotopic (exact) mass is 325 g/mol. The lowest BCUT2D eigenvalue weighted by molar-refractivity contribution is 0.392. The minimum atomic E-state index is -0.374. The minimum absolute atomic E-state index is 0.102. The van der Waals surface area contributed by atoms with E-state index in [1.807, 2.05) is 57.2 Å². The van der Waals surface area contributed by atoms with Crippen LogP contribution in [0.5, 0.6) is 5.75 Å². The molecule has 1 heterocycles. The number of hydrogen-bond acceptors (Lipinski definition) is 3. The molecule has 0 aliphatic carbocycles. The molecule has 3 aromatic rings. The normalized spacial score (nSPS) is 11.8. The van der Waals surface area contributed by atoms with Gasteiger partial charge in [0, 0.05) is 30.9 Å². The largest absolute Gasteiger partial charge is 0.506 e. The standard InChI is InChI=1S/C19H23N3O2/c1-19(2,3)22-15-10-14(20-12-13-8-6-5-7-9-13)11-16(23)17(15)21(4)18(22)24/h5-11,20,23H,12H2,1-4H3. The van der Waals surface area contributed by atoms with Crippen molar-refractivity contribution in [3.8, 4) is 5.75 Å². The van der Waals surface area contributed by atoms with E-state index in [1.165, 1.54) is 4.57 Å². The molecule has 0 atom stereocenters. The lowest BCUT2D eigenvalue weighted by Crippen LogP contribution is -2.34. The summed E-state index contributed by atoms with van der Waals surface area (Å²) in [5.74, 6) is 0.102. The lowest BCUT2D eigenvalue weighted by Gasteiger charge is -2.21. The number of benzene rings is 2. The number of fused-ring (bicyclic) bond motifs is 1. The fraction of sp³-hybridized carbons (Fsp3) is 0.316. The van der Waals surface area contributed by atoms with Gasteiger partial charge in [-0.2, -0.15) is 0 Å². The molecule has 0 aliphatic rings. The van der Waals surface area contributed by atoms with E-state index in [0.717, 1.165) is 16.8 Å². The van der Waals surface area contributed by atoms with Gasteiger partial charge < -0.3 is 10.4 Å². The van der Waals surface area contributed by atoms with Crippen molar-refractivity contribution in [1.82, 2.24) is 9.13 Å². The maximum Gasteiger partial charge on any atom is 0.329 e. The van der Waals surface area contributed by atoms with Gasteiger partial charge in [-0.3, -0.25) is 9.13 Å². The van der Waals surface area contributed by atoms with Gasteiger partial charge >= 0.3 is 5.69 Å². The number of phenols is 1. The molecule has 5 nitrogen and oxygen atoms in total. The van der Waals surface area contributed by atoms with Gasteiger partial charge in [0.15, 0.2) is 0 Å². The second-order valence-corrected chi connectivity index (χ2v) is 7.05. The van der Waals surface area contributed by atoms with Crippen molar-refractivity contribution in [2.24, 2.45) is 7.05 Å². The van der Waals surface area contributed by atoms with E-state index >= 15 is 0 Å². The van der Waals surface area contributed by atoms with Gasteiger partial charge in [0.25, 0.3) is 0 Å². The Bertz CT molecular complexity index is 931. The van der Waals surface area contributed by atoms with Crippen molar-refractivity contribution < 1.29 is 5.11 Å². The molecule has 2 N–H and O–H groups in total. The van der Waals surface area contributed by atoms with Crippen LogP contribution in [-0.2, 0) is 19.1 Å². The Kier molecular flexibility index (Phi) is 3.87. The van der Waals surface area contributed by atoms with Crippen LogP contribution in [0.1, 0.15) is 26.3 Å². The van der Waals surface area contributed by atoms with Crippen LogP contribution in [0.2, 0.25) is 0 Å². The predicted octanol–water partition coefficient (Wildman–Crippen LogP) is 3.41. The van der Waals surface area contributed by atoms with Crippen LogP contribution in [0.3, 0.4) is 0 Å². The molecule has 0 amide bonds. The number of aromatic nitrogens is 2. The summed E-state index contributed by atoms with van der Waals surface area (Å²) in [5.41, 5.74) is 2.71. The fourth-order valence-corrected chi connectivity index (χ4v) is 3.02. The van der Waals surface area contributed by atoms with Crippen LogP contribution >= 0.6 is 0 Å². The number of imidazole rings is 1. The van der Waals surface area contributed by atoms with Crippen molar-refractivity contribution >= 4 is 16.7 Å². The Morgan fingerprint density at radius 1 is 1.12 bits per heavy atom. The number of aromatic hydroxyl groups is 1. The highest BCUT2D eigenvalue weighted by atomic mass is 16.3. The van der Waals surface area contributed by atoms with Gasteiger partial charge in [-0.15, -0.1) is 0 Å². The van der Waals surface area contributed by atoms with E-state index in [-0.39, 0.29) is 17.0 Å². The maximum absolute atomic E-state index is 12.6. The lowest BCUT2D eigenvalue weighted by atomic mass is 10.1. The van der Waals surface area contributed by atoms with Crippen LogP contribution in [0, 0.1) is 0 Å². The zero-order valence-electron chi connectivity index (χ0n) is 14.5. The third kappa shape index (κ3) is 2.77. The smallest absolute Gasteiger partial charge is 0.329 e. The Hall–Kier alpha value is -2.69. The number of hydrogen-bond donors (Lipinski definition) is 2. The third-order valence-electron chi connectivity index (χ3n) is 4.13. The van der Waals surface area contributed by atoms with Crippen LogP contribution in [0.4, 0.5) is 5.69 Å². The van der Waals surface area contributed by atoms with Crippen LogP contribution in [0.15, 0.2) is 47.3 Å². The molecule has 3 rings (SSSR count). The Morgan fingerprint density at radius 3 is 2.42 bits per heavy atom. The summed E-state index contributed by atoms with van der Waals surface area (Å²) in [6.45, 7) is 6.59. The Labute approximate surface area is 141 Å². The average Bonchev–Trinajstić information content (AvgIpc) is 2.78. The SMILES string of the molecule is Cn1c(=O)n(C(C)(C)C)c2cc(NCc3ccccc3)cc(O)c21. The van der Waals surface area contributed by atoms with E-state index in [2.05, 4.69) is 5.32 Å². The average molecular weight is 325 g/mol. The number of anilines is 1. The molecule has 0 saturated carbocycles. The van der Waals surface area contributed by atoms with Gasteiger partial charge in [0.1, 0.15) is 11.3 Å². The second-order valence-electron chi connectivity index (χ2n) is 7.05. The van der Waals surface area contributed by atoms with E-state index in [4.69, 9.17) is 0 Å². The molecule has 24 heavy (non-hydrogen) atoms. The van der Waals surface area contributed by atoms with E-state index in [1.54, 1.807) is 17.7 Å². The molecular weight excluding hydrogens is 302 g/mol. The van der Waals surface area contributed by atoms with Crippen molar-refractivity contribution in [3.05, 3.63) is 58.5 Å². The number of rotatable bonds is 3. The van der Waals surface area contributed by atoms with Gasteiger partial charge in [-0.25, -0.2) is 4.79 Å². The highest BCUT2D eigenvalue weighted by molar-refractivity contribution is 5.86. The molecule has 0 radical (unpaired) electrons. The summed E-state index contributed by atoms with van der Waals surface area (Å²) in [6, 6.07) is 13.6. The van der Waals surface area contributed by atoms with Crippen molar-refractivity contribution in [2.75, 3.05) is 5.32 Å². The molecule has 0 spiro atoms. The summed E-state index contributed by atoms with van der Waals surface area (Å²) >= 11 is 0. The molecule has 1 aromatic heterocycles. The molecule has 126 valence electrons. The summed E-state index contributed by atoms with van der Waals surface area (Å²) in [4.78, 5) is 12.6. The Morgan fingerprint density at radius 2 is 1.79 bits per heavy atom. The van der Waals surface area contributed by atoms with Gasteiger partial charge in [0.2, 0.25) is 0 Å². The number of aryl methyl sites for hydroxylation is 1. The summed E-state index contributed by atoms with van der Waals surface area (Å²) < 4.78 is 3.21. The number of nitrogens with zero attached hydrogens (tertiary/aromatic N) is 2. The molecular formula is C19H23N3O2. The number of phenolic OH excluding ortho intramolecular Hbond substituents is 1. The zero-order valence-corrected chi connectivity index (χ0v) is 14.5. The minimum Gasteiger partial charge on any atom is -0.506 e. The van der Waals surface area contributed by atoms with Crippen LogP contribution in [0.25, 0.3) is 11.0 Å². The first-order chi connectivity index (χ1) is 11.3. The predicted molar refractivity (Wildman–Crippen MR) is 97.6 cm³/mol. The third-order valence-corrected chi connectivity index (χ3v) is 4.13. The van der Waals surface area contributed by atoms with Crippen LogP contribution < -0.4 is 11.0 Å². The summed E-state index contributed by atoms with van der Waals surface area (Å²) in [5, 5.41) is 13.7. The first-order valence-electron chi connectivity index (χ1n) is 8.02. The van der Waals surface area contributed by atoms with Crippen molar-refractivity contribution in [1.29, 1.82) is 0 Å². The van der Waals surface area contributed by atoms with Gasteiger partial charge in [0.05, 0.1) is 5.52 Å². The van der Waals surface area contributed by atoms with E-state index in [0.29, 0.717) is 12.1 Å². The summed E-state index contributed by atoms with van der Waals surface area (Å²) in [6.07, 6.45) is 0. The van der Waals surface area contributed by atoms with Gasteiger partial charge in [-0.05, 0) is 32.4 Å². The molecule has 0 fully saturated rings. The van der Waals surface area contributed by atoms with E-state index < -0.39 is 0 Å². The van der Waals surface area contributed by atoms with Gasteiger partial charge in [-0.1, -0.05) is 30.3 Å². The molecule has 0 bridgehead atoms. The van der Waals surface area contributed by atoms with Crippen LogP contribution in [-0.4, -0.2) is 14.2 Å². The highest BCUT2D eigenvalue weighted by Gasteiger charge is 2.23. The number of nitrogens with one attached hydrogen (secondary N) is 1. The first kappa shape index (κ1) is 16.2. The highest BCUT2D eigenvalue weighted by Crippen LogP contribution is 2.31. The molecule has 5 heteroatoms. The molecule has 0 aliphatic heterocycles. The summed E-state index contributed by atoms with van der Waals surface area (Å²) in [7, 11) is 1.68. The van der Waals surface area contributed by atoms with Crippen molar-refractivity contribution in [2.45, 2.75) is 32.9 Å². The van der Waals surface area contributed by atoms with Crippen molar-refractivity contribution in [3.63, 3.8) is 0 Å². The zero-order chi connectivity index (χ0) is 17.5. The Balaban J connectivity index is 2.07.